The van der Waals surface area contributed by atoms with Gasteiger partial charge in [0.15, 0.2) is 0 Å². The number of hydrogen-bond acceptors (Lipinski definition) is 5. The van der Waals surface area contributed by atoms with E-state index in [-0.39, 0.29) is 6.61 Å². The lowest BCUT2D eigenvalue weighted by atomic mass is 10.2. The van der Waals surface area contributed by atoms with E-state index in [9.17, 15) is 0 Å². The number of imidazole rings is 1. The number of hydrogen-bond donors (Lipinski definition) is 1. The van der Waals surface area contributed by atoms with Gasteiger partial charge in [0.1, 0.15) is 11.3 Å². The van der Waals surface area contributed by atoms with Crippen LogP contribution in [-0.4, -0.2) is 44.1 Å². The molecule has 27 heavy (non-hydrogen) atoms. The van der Waals surface area contributed by atoms with Gasteiger partial charge >= 0.3 is 0 Å². The van der Waals surface area contributed by atoms with Crippen LogP contribution in [0.4, 0.5) is 0 Å². The number of aliphatic hydroxyl groups is 1. The highest BCUT2D eigenvalue weighted by atomic mass is 32.2. The normalized spacial score (nSPS) is 11.1. The molecule has 0 saturated carbocycles. The van der Waals surface area contributed by atoms with Crippen LogP contribution < -0.4 is 0 Å². The van der Waals surface area contributed by atoms with Gasteiger partial charge in [-0.3, -0.25) is 4.98 Å². The summed E-state index contributed by atoms with van der Waals surface area (Å²) in [5.41, 5.74) is 3.28. The van der Waals surface area contributed by atoms with E-state index >= 15 is 0 Å². The average molecular weight is 387 g/mol. The Bertz CT molecular complexity index is 827. The van der Waals surface area contributed by atoms with E-state index in [0.717, 1.165) is 29.3 Å². The van der Waals surface area contributed by atoms with E-state index in [0.29, 0.717) is 6.54 Å². The molecule has 0 aliphatic carbocycles. The molecule has 1 N–H and O–H groups in total. The van der Waals surface area contributed by atoms with Gasteiger partial charge in [0, 0.05) is 24.2 Å². The molecule has 0 amide bonds. The van der Waals surface area contributed by atoms with Crippen molar-refractivity contribution in [1.82, 2.24) is 18.8 Å². The number of benzene rings is 1. The molecule has 0 fully saturated rings. The Morgan fingerprint density at radius 2 is 1.81 bits per heavy atom. The minimum Gasteiger partial charge on any atom is -0.395 e. The molecular formula is C21H30N4OS. The first kappa shape index (κ1) is 21.4. The summed E-state index contributed by atoms with van der Waals surface area (Å²) in [5, 5.41) is 8.95. The summed E-state index contributed by atoms with van der Waals surface area (Å²) in [6.45, 7) is 10.1. The van der Waals surface area contributed by atoms with Gasteiger partial charge in [-0.05, 0) is 55.6 Å². The smallest absolute Gasteiger partial charge is 0.107 e. The molecule has 5 nitrogen and oxygen atoms in total. The van der Waals surface area contributed by atoms with Crippen LogP contribution in [0.3, 0.4) is 0 Å². The second-order valence-electron chi connectivity index (χ2n) is 7.15. The van der Waals surface area contributed by atoms with Gasteiger partial charge in [0.25, 0.3) is 0 Å². The summed E-state index contributed by atoms with van der Waals surface area (Å²) in [7, 11) is 1.98. The first-order valence-corrected chi connectivity index (χ1v) is 10.0. The Labute approximate surface area is 166 Å². The molecule has 146 valence electrons. The largest absolute Gasteiger partial charge is 0.395 e. The van der Waals surface area contributed by atoms with Gasteiger partial charge in [-0.1, -0.05) is 32.9 Å². The average Bonchev–Trinajstić information content (AvgIpc) is 2.92. The number of nitrogens with zero attached hydrogens (tertiary/aromatic N) is 4. The SMILES string of the molecule is CC(C)C.Cc1nc2cnccc2n1Cc1ccc(SN(C)CCO)cc1. The predicted molar refractivity (Wildman–Crippen MR) is 114 cm³/mol. The van der Waals surface area contributed by atoms with Crippen LogP contribution in [0.2, 0.25) is 0 Å². The van der Waals surface area contributed by atoms with Gasteiger partial charge in [0.2, 0.25) is 0 Å². The summed E-state index contributed by atoms with van der Waals surface area (Å²) >= 11 is 1.64. The third kappa shape index (κ3) is 6.65. The quantitative estimate of drug-likeness (QED) is 0.637. The molecule has 6 heteroatoms. The number of fused-ring (bicyclic) bond motifs is 1. The lowest BCUT2D eigenvalue weighted by molar-refractivity contribution is 0.273. The third-order valence-corrected chi connectivity index (χ3v) is 4.66. The minimum absolute atomic E-state index is 0.170. The van der Waals surface area contributed by atoms with Crippen LogP contribution in [0.25, 0.3) is 11.0 Å². The van der Waals surface area contributed by atoms with Crippen LogP contribution in [-0.2, 0) is 6.54 Å². The van der Waals surface area contributed by atoms with Gasteiger partial charge in [-0.25, -0.2) is 9.29 Å². The van der Waals surface area contributed by atoms with E-state index in [1.807, 2.05) is 24.3 Å². The zero-order chi connectivity index (χ0) is 19.8. The molecule has 0 radical (unpaired) electrons. The summed E-state index contributed by atoms with van der Waals surface area (Å²) < 4.78 is 4.23. The van der Waals surface area contributed by atoms with E-state index in [1.54, 1.807) is 24.3 Å². The molecule has 0 saturated heterocycles. The monoisotopic (exact) mass is 386 g/mol. The fraction of sp³-hybridized carbons (Fsp3) is 0.429. The van der Waals surface area contributed by atoms with Gasteiger partial charge < -0.3 is 9.67 Å². The molecule has 3 rings (SSSR count). The third-order valence-electron chi connectivity index (χ3n) is 3.68. The summed E-state index contributed by atoms with van der Waals surface area (Å²) in [4.78, 5) is 9.85. The number of rotatable bonds is 6. The second-order valence-corrected chi connectivity index (χ2v) is 8.43. The highest BCUT2D eigenvalue weighted by Gasteiger charge is 2.08. The Kier molecular flexibility index (Phi) is 8.28. The van der Waals surface area contributed by atoms with E-state index in [4.69, 9.17) is 5.11 Å². The van der Waals surface area contributed by atoms with Gasteiger partial charge in [-0.2, -0.15) is 0 Å². The lowest BCUT2D eigenvalue weighted by Gasteiger charge is -2.14. The van der Waals surface area contributed by atoms with Crippen molar-refractivity contribution in [2.24, 2.45) is 5.92 Å². The number of aryl methyl sites for hydroxylation is 1. The maximum absolute atomic E-state index is 8.95. The molecule has 2 heterocycles. The Balaban J connectivity index is 0.000000596. The van der Waals surface area contributed by atoms with Crippen molar-refractivity contribution in [2.45, 2.75) is 39.1 Å². The van der Waals surface area contributed by atoms with Crippen LogP contribution in [0, 0.1) is 12.8 Å². The van der Waals surface area contributed by atoms with E-state index < -0.39 is 0 Å². The molecular weight excluding hydrogens is 356 g/mol. The van der Waals surface area contributed by atoms with Crippen LogP contribution in [0.1, 0.15) is 32.2 Å². The topological polar surface area (TPSA) is 54.2 Å². The highest BCUT2D eigenvalue weighted by Crippen LogP contribution is 2.22. The van der Waals surface area contributed by atoms with Gasteiger partial charge in [-0.15, -0.1) is 0 Å². The standard InChI is InChI=1S/C17H20N4OS.C4H10/c1-13-19-16-11-18-8-7-17(16)21(13)12-14-3-5-15(6-4-14)23-20(2)9-10-22;1-4(2)3/h3-8,11,22H,9-10,12H2,1-2H3;4H,1-3H3. The van der Waals surface area contributed by atoms with E-state index in [1.165, 1.54) is 10.5 Å². The molecule has 3 aromatic rings. The molecule has 0 unspecified atom stereocenters. The van der Waals surface area contributed by atoms with Crippen molar-refractivity contribution < 1.29 is 5.11 Å². The second kappa shape index (κ2) is 10.4. The van der Waals surface area contributed by atoms with Crippen LogP contribution in [0.5, 0.6) is 0 Å². The molecule has 0 atom stereocenters. The van der Waals surface area contributed by atoms with Gasteiger partial charge in [0.05, 0.1) is 18.3 Å². The first-order valence-electron chi connectivity index (χ1n) is 9.26. The van der Waals surface area contributed by atoms with Crippen molar-refractivity contribution in [1.29, 1.82) is 0 Å². The van der Waals surface area contributed by atoms with Crippen LogP contribution in [0.15, 0.2) is 47.6 Å². The summed E-state index contributed by atoms with van der Waals surface area (Å²) in [6.07, 6.45) is 3.60. The fourth-order valence-electron chi connectivity index (χ4n) is 2.51. The van der Waals surface area contributed by atoms with Crippen LogP contribution >= 0.6 is 11.9 Å². The number of aliphatic hydroxyl groups excluding tert-OH is 1. The first-order chi connectivity index (χ1) is 12.9. The highest BCUT2D eigenvalue weighted by molar-refractivity contribution is 7.97. The Hall–Kier alpha value is -1.89. The predicted octanol–water partition coefficient (Wildman–Crippen LogP) is 4.38. The van der Waals surface area contributed by atoms with Crippen molar-refractivity contribution in [2.75, 3.05) is 20.2 Å². The maximum atomic E-state index is 8.95. The molecule has 0 aliphatic rings. The maximum Gasteiger partial charge on any atom is 0.107 e. The molecule has 2 aromatic heterocycles. The number of likely N-dealkylation sites (N-methyl/N-ethyl adjacent to an activating group) is 1. The number of pyridine rings is 1. The Morgan fingerprint density at radius 1 is 1.15 bits per heavy atom. The van der Waals surface area contributed by atoms with Crippen molar-refractivity contribution >= 4 is 23.0 Å². The summed E-state index contributed by atoms with van der Waals surface area (Å²) in [6, 6.07) is 10.5. The van der Waals surface area contributed by atoms with E-state index in [2.05, 4.69) is 59.6 Å². The minimum atomic E-state index is 0.170. The molecule has 0 aliphatic heterocycles. The molecule has 0 spiro atoms. The molecule has 0 bridgehead atoms. The van der Waals surface area contributed by atoms with Crippen molar-refractivity contribution in [3.05, 3.63) is 54.1 Å². The van der Waals surface area contributed by atoms with Crippen molar-refractivity contribution in [3.8, 4) is 0 Å². The number of aromatic nitrogens is 3. The lowest BCUT2D eigenvalue weighted by Crippen LogP contribution is -2.13. The van der Waals surface area contributed by atoms with Crippen molar-refractivity contribution in [3.63, 3.8) is 0 Å². The molecule has 1 aromatic carbocycles. The fourth-order valence-corrected chi connectivity index (χ4v) is 3.30. The zero-order valence-electron chi connectivity index (χ0n) is 16.9. The zero-order valence-corrected chi connectivity index (χ0v) is 17.7. The Morgan fingerprint density at radius 3 is 2.44 bits per heavy atom. The summed E-state index contributed by atoms with van der Waals surface area (Å²) in [5.74, 6) is 1.83.